The molecule has 0 aliphatic heterocycles. The van der Waals surface area contributed by atoms with Gasteiger partial charge in [0.15, 0.2) is 0 Å². The molecule has 0 unspecified atom stereocenters. The molecule has 140 valence electrons. The molecule has 2 aromatic rings. The molecule has 0 atom stereocenters. The molecule has 0 N–H and O–H groups in total. The fraction of sp³-hybridized carbons (Fsp3) is 0.300. The lowest BCUT2D eigenvalue weighted by Gasteiger charge is -2.21. The van der Waals surface area contributed by atoms with Crippen LogP contribution in [0, 0.1) is 0 Å². The second kappa shape index (κ2) is 9.52. The Labute approximate surface area is 156 Å². The van der Waals surface area contributed by atoms with Gasteiger partial charge in [0.2, 0.25) is 10.0 Å². The molecule has 0 aliphatic carbocycles. The highest BCUT2D eigenvalue weighted by Crippen LogP contribution is 2.18. The van der Waals surface area contributed by atoms with Crippen LogP contribution in [-0.4, -0.2) is 51.4 Å². The number of ether oxygens (including phenoxy) is 1. The lowest BCUT2D eigenvalue weighted by molar-refractivity contribution is 0.217. The molecular weight excluding hydrogens is 348 g/mol. The van der Waals surface area contributed by atoms with E-state index < -0.39 is 10.0 Å². The largest absolute Gasteiger partial charge is 0.492 e. The van der Waals surface area contributed by atoms with E-state index in [0.717, 1.165) is 19.6 Å². The first kappa shape index (κ1) is 20.2. The quantitative estimate of drug-likeness (QED) is 0.600. The fourth-order valence-electron chi connectivity index (χ4n) is 2.47. The van der Waals surface area contributed by atoms with Crippen molar-refractivity contribution in [3.05, 3.63) is 72.8 Å². The number of benzene rings is 2. The van der Waals surface area contributed by atoms with Gasteiger partial charge in [-0.1, -0.05) is 36.4 Å². The van der Waals surface area contributed by atoms with Gasteiger partial charge in [0.1, 0.15) is 12.4 Å². The molecule has 0 fully saturated rings. The Kier molecular flexibility index (Phi) is 7.38. The summed E-state index contributed by atoms with van der Waals surface area (Å²) in [5.74, 6) is 0.654. The maximum atomic E-state index is 12.1. The van der Waals surface area contributed by atoms with E-state index in [4.69, 9.17) is 4.74 Å². The van der Waals surface area contributed by atoms with Gasteiger partial charge in [0, 0.05) is 33.7 Å². The van der Waals surface area contributed by atoms with Crippen LogP contribution < -0.4 is 4.74 Å². The number of hydrogen-bond donors (Lipinski definition) is 0. The van der Waals surface area contributed by atoms with Crippen molar-refractivity contribution in [2.45, 2.75) is 11.4 Å². The number of hydrogen-bond acceptors (Lipinski definition) is 4. The molecule has 26 heavy (non-hydrogen) atoms. The molecule has 0 radical (unpaired) electrons. The van der Waals surface area contributed by atoms with Crippen LogP contribution in [0.1, 0.15) is 5.56 Å². The van der Waals surface area contributed by atoms with E-state index in [-0.39, 0.29) is 4.90 Å². The van der Waals surface area contributed by atoms with Gasteiger partial charge in [-0.15, -0.1) is 6.58 Å². The molecule has 2 aromatic carbocycles. The molecule has 0 spiro atoms. The minimum atomic E-state index is -3.41. The van der Waals surface area contributed by atoms with Gasteiger partial charge in [-0.3, -0.25) is 4.90 Å². The summed E-state index contributed by atoms with van der Waals surface area (Å²) in [6, 6.07) is 16.8. The van der Waals surface area contributed by atoms with E-state index in [1.807, 2.05) is 24.3 Å². The predicted molar refractivity (Wildman–Crippen MR) is 105 cm³/mol. The summed E-state index contributed by atoms with van der Waals surface area (Å²) in [5, 5.41) is 0. The summed E-state index contributed by atoms with van der Waals surface area (Å²) in [6.45, 7) is 6.68. The molecule has 0 bridgehead atoms. The number of sulfonamides is 1. The number of nitrogens with zero attached hydrogens (tertiary/aromatic N) is 2. The zero-order valence-electron chi connectivity index (χ0n) is 15.3. The van der Waals surface area contributed by atoms with Crippen LogP contribution in [0.3, 0.4) is 0 Å². The van der Waals surface area contributed by atoms with Crippen molar-refractivity contribution in [2.24, 2.45) is 0 Å². The zero-order chi connectivity index (χ0) is 19.0. The second-order valence-electron chi connectivity index (χ2n) is 6.12. The Balaban J connectivity index is 1.90. The Morgan fingerprint density at radius 2 is 1.69 bits per heavy atom. The summed E-state index contributed by atoms with van der Waals surface area (Å²) < 4.78 is 31.1. The van der Waals surface area contributed by atoms with E-state index in [1.54, 1.807) is 24.3 Å². The molecule has 6 heteroatoms. The molecule has 5 nitrogen and oxygen atoms in total. The maximum absolute atomic E-state index is 12.1. The monoisotopic (exact) mass is 374 g/mol. The predicted octanol–water partition coefficient (Wildman–Crippen LogP) is 3.00. The topological polar surface area (TPSA) is 49.9 Å². The lowest BCUT2D eigenvalue weighted by Crippen LogP contribution is -2.28. The first-order valence-electron chi connectivity index (χ1n) is 8.46. The average Bonchev–Trinajstić information content (AvgIpc) is 2.63. The normalized spacial score (nSPS) is 11.7. The zero-order valence-corrected chi connectivity index (χ0v) is 16.2. The minimum absolute atomic E-state index is 0.257. The highest BCUT2D eigenvalue weighted by molar-refractivity contribution is 7.89. The lowest BCUT2D eigenvalue weighted by atomic mass is 10.2. The molecular formula is C20H26N2O3S. The van der Waals surface area contributed by atoms with E-state index >= 15 is 0 Å². The van der Waals surface area contributed by atoms with Crippen LogP contribution in [-0.2, 0) is 16.6 Å². The van der Waals surface area contributed by atoms with Crippen molar-refractivity contribution in [3.8, 4) is 5.75 Å². The Morgan fingerprint density at radius 1 is 1.04 bits per heavy atom. The summed E-state index contributed by atoms with van der Waals surface area (Å²) >= 11 is 0. The molecule has 0 saturated heterocycles. The summed E-state index contributed by atoms with van der Waals surface area (Å²) in [6.07, 6.45) is 1.88. The first-order chi connectivity index (χ1) is 12.4. The molecule has 0 amide bonds. The van der Waals surface area contributed by atoms with Gasteiger partial charge in [-0.05, 0) is 29.8 Å². The third-order valence-corrected chi connectivity index (χ3v) is 5.74. The summed E-state index contributed by atoms with van der Waals surface area (Å²) in [4.78, 5) is 2.50. The van der Waals surface area contributed by atoms with Crippen molar-refractivity contribution in [1.82, 2.24) is 9.21 Å². The SMILES string of the molecule is C=CCN(CCOc1ccc(S(=O)(=O)N(C)C)cc1)Cc1ccccc1. The highest BCUT2D eigenvalue weighted by atomic mass is 32.2. The van der Waals surface area contributed by atoms with Crippen LogP contribution in [0.15, 0.2) is 72.1 Å². The van der Waals surface area contributed by atoms with Crippen molar-refractivity contribution in [2.75, 3.05) is 33.8 Å². The van der Waals surface area contributed by atoms with Gasteiger partial charge < -0.3 is 4.74 Å². The minimum Gasteiger partial charge on any atom is -0.492 e. The van der Waals surface area contributed by atoms with Gasteiger partial charge in [0.05, 0.1) is 4.90 Å². The molecule has 0 saturated carbocycles. The Morgan fingerprint density at radius 3 is 2.27 bits per heavy atom. The summed E-state index contributed by atoms with van der Waals surface area (Å²) in [7, 11) is -0.382. The van der Waals surface area contributed by atoms with Crippen LogP contribution in [0.25, 0.3) is 0 Å². The van der Waals surface area contributed by atoms with E-state index in [9.17, 15) is 8.42 Å². The molecule has 0 aliphatic rings. The van der Waals surface area contributed by atoms with Crippen molar-refractivity contribution >= 4 is 10.0 Å². The van der Waals surface area contributed by atoms with Gasteiger partial charge >= 0.3 is 0 Å². The highest BCUT2D eigenvalue weighted by Gasteiger charge is 2.16. The maximum Gasteiger partial charge on any atom is 0.242 e. The summed E-state index contributed by atoms with van der Waals surface area (Å²) in [5.41, 5.74) is 1.24. The van der Waals surface area contributed by atoms with Crippen LogP contribution in [0.4, 0.5) is 0 Å². The second-order valence-corrected chi connectivity index (χ2v) is 8.27. The van der Waals surface area contributed by atoms with Crippen molar-refractivity contribution in [3.63, 3.8) is 0 Å². The van der Waals surface area contributed by atoms with Crippen LogP contribution in [0.2, 0.25) is 0 Å². The Bertz CT molecular complexity index is 788. The van der Waals surface area contributed by atoms with E-state index in [0.29, 0.717) is 12.4 Å². The standard InChI is InChI=1S/C20H26N2O3S/c1-4-14-22(17-18-8-6-5-7-9-18)15-16-25-19-10-12-20(13-11-19)26(23,24)21(2)3/h4-13H,1,14-17H2,2-3H3. The van der Waals surface area contributed by atoms with Gasteiger partial charge in [-0.2, -0.15) is 0 Å². The Hall–Kier alpha value is -2.15. The van der Waals surface area contributed by atoms with E-state index in [2.05, 4.69) is 23.6 Å². The smallest absolute Gasteiger partial charge is 0.242 e. The van der Waals surface area contributed by atoms with Gasteiger partial charge in [-0.25, -0.2) is 12.7 Å². The molecule has 0 heterocycles. The molecule has 2 rings (SSSR count). The third-order valence-electron chi connectivity index (χ3n) is 3.91. The van der Waals surface area contributed by atoms with Crippen molar-refractivity contribution in [1.29, 1.82) is 0 Å². The fourth-order valence-corrected chi connectivity index (χ4v) is 3.37. The van der Waals surface area contributed by atoms with Crippen LogP contribution >= 0.6 is 0 Å². The van der Waals surface area contributed by atoms with Crippen molar-refractivity contribution < 1.29 is 13.2 Å². The number of rotatable bonds is 10. The average molecular weight is 375 g/mol. The van der Waals surface area contributed by atoms with E-state index in [1.165, 1.54) is 24.0 Å². The van der Waals surface area contributed by atoms with Crippen LogP contribution in [0.5, 0.6) is 5.75 Å². The molecule has 0 aromatic heterocycles. The van der Waals surface area contributed by atoms with Gasteiger partial charge in [0.25, 0.3) is 0 Å². The first-order valence-corrected chi connectivity index (χ1v) is 9.90. The third kappa shape index (κ3) is 5.69.